The van der Waals surface area contributed by atoms with Crippen LogP contribution >= 0.6 is 11.6 Å². The fourth-order valence-electron chi connectivity index (χ4n) is 2.66. The van der Waals surface area contributed by atoms with Crippen LogP contribution in [0.2, 0.25) is 5.02 Å². The van der Waals surface area contributed by atoms with Crippen LogP contribution in [0.15, 0.2) is 42.5 Å². The predicted molar refractivity (Wildman–Crippen MR) is 104 cm³/mol. The molecule has 146 valence electrons. The van der Waals surface area contributed by atoms with Crippen molar-refractivity contribution in [2.45, 2.75) is 19.4 Å². The molecule has 0 saturated carbocycles. The fraction of sp³-hybridized carbons (Fsp3) is 0.278. The molecule has 1 unspecified atom stereocenters. The topological polar surface area (TPSA) is 75.7 Å². The van der Waals surface area contributed by atoms with Gasteiger partial charge in [0.1, 0.15) is 17.6 Å². The number of hydrogen-bond donors (Lipinski definition) is 1. The molecule has 0 heterocycles. The number of ether oxygens (including phenoxy) is 1. The van der Waals surface area contributed by atoms with Gasteiger partial charge in [-0.15, -0.1) is 0 Å². The maximum Gasteiger partial charge on any atom is 0.248 e. The molecule has 0 radical (unpaired) electrons. The van der Waals surface area contributed by atoms with E-state index in [0.29, 0.717) is 10.8 Å². The molecule has 1 amide bonds. The van der Waals surface area contributed by atoms with Crippen molar-refractivity contribution in [1.29, 1.82) is 0 Å². The summed E-state index contributed by atoms with van der Waals surface area (Å²) in [6.07, 6.45) is 1.05. The van der Waals surface area contributed by atoms with Gasteiger partial charge in [0.05, 0.1) is 24.7 Å². The van der Waals surface area contributed by atoms with Crippen LogP contribution in [0.1, 0.15) is 13.3 Å². The SMILES string of the molecule is CCC(C(=O)Nc1cc(Cl)ccc1OC)N(c1ccccc1F)S(C)(=O)=O. The number of methoxy groups -OCH3 is 1. The van der Waals surface area contributed by atoms with Crippen molar-refractivity contribution in [2.75, 3.05) is 23.0 Å². The van der Waals surface area contributed by atoms with Gasteiger partial charge in [0.2, 0.25) is 15.9 Å². The van der Waals surface area contributed by atoms with E-state index < -0.39 is 27.8 Å². The van der Waals surface area contributed by atoms with Crippen molar-refractivity contribution >= 4 is 38.9 Å². The highest BCUT2D eigenvalue weighted by atomic mass is 35.5. The minimum Gasteiger partial charge on any atom is -0.495 e. The van der Waals surface area contributed by atoms with Crippen LogP contribution in [0.5, 0.6) is 5.75 Å². The van der Waals surface area contributed by atoms with Crippen LogP contribution in [0.25, 0.3) is 0 Å². The van der Waals surface area contributed by atoms with E-state index in [2.05, 4.69) is 5.32 Å². The Kier molecular flexibility index (Phi) is 6.67. The number of carbonyl (C=O) groups is 1. The van der Waals surface area contributed by atoms with E-state index in [1.54, 1.807) is 19.1 Å². The summed E-state index contributed by atoms with van der Waals surface area (Å²) >= 11 is 5.96. The smallest absolute Gasteiger partial charge is 0.248 e. The molecule has 6 nitrogen and oxygen atoms in total. The maximum absolute atomic E-state index is 14.3. The van der Waals surface area contributed by atoms with E-state index in [0.717, 1.165) is 16.6 Å². The number of para-hydroxylation sites is 1. The third-order valence-electron chi connectivity index (χ3n) is 3.84. The number of nitrogens with zero attached hydrogens (tertiary/aromatic N) is 1. The highest BCUT2D eigenvalue weighted by Crippen LogP contribution is 2.30. The standard InChI is InChI=1S/C18H20ClFN2O4S/c1-4-15(18(23)21-14-11-12(19)9-10-17(14)26-2)22(27(3,24)25)16-8-6-5-7-13(16)20/h5-11,15H,4H2,1-3H3,(H,21,23). The molecule has 27 heavy (non-hydrogen) atoms. The van der Waals surface area contributed by atoms with Gasteiger partial charge < -0.3 is 10.1 Å². The summed E-state index contributed by atoms with van der Waals surface area (Å²) in [4.78, 5) is 12.9. The first-order chi connectivity index (χ1) is 12.7. The molecule has 2 rings (SSSR count). The zero-order chi connectivity index (χ0) is 20.2. The molecule has 0 fully saturated rings. The fourth-order valence-corrected chi connectivity index (χ4v) is 4.04. The summed E-state index contributed by atoms with van der Waals surface area (Å²) < 4.78 is 44.9. The Morgan fingerprint density at radius 2 is 1.96 bits per heavy atom. The van der Waals surface area contributed by atoms with Crippen molar-refractivity contribution in [2.24, 2.45) is 0 Å². The van der Waals surface area contributed by atoms with Crippen molar-refractivity contribution in [3.05, 3.63) is 53.3 Å². The number of rotatable bonds is 7. The summed E-state index contributed by atoms with van der Waals surface area (Å²) in [5, 5.41) is 2.99. The van der Waals surface area contributed by atoms with Crippen molar-refractivity contribution in [1.82, 2.24) is 0 Å². The quantitative estimate of drug-likeness (QED) is 0.750. The Morgan fingerprint density at radius 3 is 2.52 bits per heavy atom. The summed E-state index contributed by atoms with van der Waals surface area (Å²) in [6, 6.07) is 8.88. The van der Waals surface area contributed by atoms with Crippen LogP contribution in [0, 0.1) is 5.82 Å². The molecule has 0 aliphatic heterocycles. The molecule has 1 N–H and O–H groups in total. The Bertz CT molecular complexity index is 937. The first kappa shape index (κ1) is 21.0. The predicted octanol–water partition coefficient (Wildman–Crippen LogP) is 3.67. The molecule has 0 aliphatic rings. The van der Waals surface area contributed by atoms with Crippen LogP contribution < -0.4 is 14.4 Å². The molecule has 0 aromatic heterocycles. The summed E-state index contributed by atoms with van der Waals surface area (Å²) in [5.41, 5.74) is 0.0930. The Balaban J connectivity index is 2.44. The lowest BCUT2D eigenvalue weighted by atomic mass is 10.1. The van der Waals surface area contributed by atoms with E-state index in [9.17, 15) is 17.6 Å². The van der Waals surface area contributed by atoms with Gasteiger partial charge in [-0.1, -0.05) is 30.7 Å². The van der Waals surface area contributed by atoms with Gasteiger partial charge >= 0.3 is 0 Å². The van der Waals surface area contributed by atoms with Crippen LogP contribution in [0.4, 0.5) is 15.8 Å². The molecule has 1 atom stereocenters. The van der Waals surface area contributed by atoms with E-state index in [-0.39, 0.29) is 17.8 Å². The van der Waals surface area contributed by atoms with Crippen molar-refractivity contribution < 1.29 is 22.3 Å². The highest BCUT2D eigenvalue weighted by Gasteiger charge is 2.33. The van der Waals surface area contributed by atoms with Crippen molar-refractivity contribution in [3.8, 4) is 5.75 Å². The summed E-state index contributed by atoms with van der Waals surface area (Å²) in [7, 11) is -2.51. The lowest BCUT2D eigenvalue weighted by Gasteiger charge is -2.30. The molecule has 0 saturated heterocycles. The molecule has 0 aliphatic carbocycles. The highest BCUT2D eigenvalue weighted by molar-refractivity contribution is 7.92. The molecular weight excluding hydrogens is 395 g/mol. The average Bonchev–Trinajstić information content (AvgIpc) is 2.59. The van der Waals surface area contributed by atoms with E-state index in [4.69, 9.17) is 16.3 Å². The van der Waals surface area contributed by atoms with Crippen molar-refractivity contribution in [3.63, 3.8) is 0 Å². The van der Waals surface area contributed by atoms with E-state index in [1.165, 1.54) is 31.4 Å². The molecule has 9 heteroatoms. The third kappa shape index (κ3) is 4.90. The van der Waals surface area contributed by atoms with Gasteiger partial charge in [0.15, 0.2) is 0 Å². The Morgan fingerprint density at radius 1 is 1.30 bits per heavy atom. The zero-order valence-corrected chi connectivity index (χ0v) is 16.6. The maximum atomic E-state index is 14.3. The number of halogens is 2. The average molecular weight is 415 g/mol. The number of sulfonamides is 1. The minimum absolute atomic E-state index is 0.121. The largest absolute Gasteiger partial charge is 0.495 e. The number of amides is 1. The Labute approximate surface area is 162 Å². The minimum atomic E-state index is -3.94. The monoisotopic (exact) mass is 414 g/mol. The second-order valence-electron chi connectivity index (χ2n) is 5.77. The lowest BCUT2D eigenvalue weighted by molar-refractivity contribution is -0.117. The second kappa shape index (κ2) is 8.58. The zero-order valence-electron chi connectivity index (χ0n) is 15.1. The summed E-state index contributed by atoms with van der Waals surface area (Å²) in [5.74, 6) is -1.01. The van der Waals surface area contributed by atoms with Gasteiger partial charge in [0.25, 0.3) is 0 Å². The second-order valence-corrected chi connectivity index (χ2v) is 8.06. The first-order valence-corrected chi connectivity index (χ1v) is 10.3. The third-order valence-corrected chi connectivity index (χ3v) is 5.24. The van der Waals surface area contributed by atoms with Gasteiger partial charge in [0, 0.05) is 5.02 Å². The molecular formula is C18H20ClFN2O4S. The van der Waals surface area contributed by atoms with Gasteiger partial charge in [-0.2, -0.15) is 0 Å². The number of nitrogens with one attached hydrogen (secondary N) is 1. The molecule has 0 spiro atoms. The van der Waals surface area contributed by atoms with E-state index in [1.807, 2.05) is 0 Å². The number of benzene rings is 2. The number of anilines is 2. The normalized spacial score (nSPS) is 12.3. The van der Waals surface area contributed by atoms with Crippen LogP contribution in [-0.2, 0) is 14.8 Å². The lowest BCUT2D eigenvalue weighted by Crippen LogP contribution is -2.47. The van der Waals surface area contributed by atoms with Gasteiger partial charge in [-0.3, -0.25) is 9.10 Å². The van der Waals surface area contributed by atoms with Gasteiger partial charge in [-0.05, 0) is 36.8 Å². The summed E-state index contributed by atoms with van der Waals surface area (Å²) in [6.45, 7) is 1.64. The Hall–Kier alpha value is -2.32. The van der Waals surface area contributed by atoms with E-state index >= 15 is 0 Å². The molecule has 2 aromatic carbocycles. The first-order valence-electron chi connectivity index (χ1n) is 8.07. The number of carbonyl (C=O) groups excluding carboxylic acids is 1. The molecule has 0 bridgehead atoms. The van der Waals surface area contributed by atoms with Crippen LogP contribution in [0.3, 0.4) is 0 Å². The van der Waals surface area contributed by atoms with Crippen LogP contribution in [-0.4, -0.2) is 33.7 Å². The molecule has 2 aromatic rings. The number of hydrogen-bond acceptors (Lipinski definition) is 4. The van der Waals surface area contributed by atoms with Gasteiger partial charge in [-0.25, -0.2) is 12.8 Å².